The summed E-state index contributed by atoms with van der Waals surface area (Å²) in [5, 5.41) is 26.9. The van der Waals surface area contributed by atoms with Gasteiger partial charge in [-0.2, -0.15) is 0 Å². The van der Waals surface area contributed by atoms with Gasteiger partial charge < -0.3 is 19.6 Å². The van der Waals surface area contributed by atoms with Crippen LogP contribution in [0, 0.1) is 24.0 Å². The number of fused-ring (bicyclic) bond motifs is 1. The summed E-state index contributed by atoms with van der Waals surface area (Å²) in [7, 11) is 1.30. The van der Waals surface area contributed by atoms with Gasteiger partial charge in [-0.3, -0.25) is 20.2 Å². The number of phenols is 1. The van der Waals surface area contributed by atoms with Crippen molar-refractivity contribution >= 4 is 45.7 Å². The van der Waals surface area contributed by atoms with E-state index in [1.807, 2.05) is 26.0 Å². The van der Waals surface area contributed by atoms with Crippen LogP contribution in [-0.2, 0) is 0 Å². The molecule has 178 valence electrons. The smallest absolute Gasteiger partial charge is 0.311 e. The summed E-state index contributed by atoms with van der Waals surface area (Å²) >= 11 is 5.22. The van der Waals surface area contributed by atoms with E-state index >= 15 is 0 Å². The van der Waals surface area contributed by atoms with Crippen LogP contribution in [0.15, 0.2) is 52.9 Å². The number of benzene rings is 3. The maximum absolute atomic E-state index is 12.6. The fraction of sp³-hybridized carbons (Fsp3) is 0.125. The molecule has 0 aliphatic heterocycles. The van der Waals surface area contributed by atoms with Crippen LogP contribution in [0.3, 0.4) is 0 Å². The summed E-state index contributed by atoms with van der Waals surface area (Å²) < 4.78 is 10.8. The molecule has 0 saturated carbocycles. The number of rotatable bonds is 5. The van der Waals surface area contributed by atoms with E-state index < -0.39 is 10.8 Å². The third-order valence-electron chi connectivity index (χ3n) is 5.17. The largest absolute Gasteiger partial charge is 0.507 e. The zero-order valence-corrected chi connectivity index (χ0v) is 19.7. The highest BCUT2D eigenvalue weighted by molar-refractivity contribution is 7.80. The number of thiocarbonyl (C=S) groups is 1. The van der Waals surface area contributed by atoms with Crippen LogP contribution in [0.2, 0.25) is 0 Å². The highest BCUT2D eigenvalue weighted by Gasteiger charge is 2.19. The third kappa shape index (κ3) is 4.89. The van der Waals surface area contributed by atoms with Gasteiger partial charge in [0.25, 0.3) is 5.91 Å². The minimum Gasteiger partial charge on any atom is -0.507 e. The number of hydrogen-bond acceptors (Lipinski definition) is 8. The van der Waals surface area contributed by atoms with E-state index in [9.17, 15) is 20.0 Å². The summed E-state index contributed by atoms with van der Waals surface area (Å²) in [6, 6.07) is 12.3. The zero-order chi connectivity index (χ0) is 25.3. The number of methoxy groups -OCH3 is 1. The summed E-state index contributed by atoms with van der Waals surface area (Å²) in [6.07, 6.45) is 0. The van der Waals surface area contributed by atoms with Crippen LogP contribution in [0.25, 0.3) is 22.6 Å². The normalized spacial score (nSPS) is 10.7. The number of anilines is 1. The Morgan fingerprint density at radius 1 is 1.17 bits per heavy atom. The lowest BCUT2D eigenvalue weighted by atomic mass is 10.1. The molecule has 3 aromatic carbocycles. The number of nitrogens with one attached hydrogen (secondary N) is 2. The van der Waals surface area contributed by atoms with Crippen LogP contribution in [0.4, 0.5) is 11.4 Å². The lowest BCUT2D eigenvalue weighted by molar-refractivity contribution is -0.385. The molecule has 1 aromatic heterocycles. The van der Waals surface area contributed by atoms with Gasteiger partial charge in [-0.1, -0.05) is 6.07 Å². The number of aromatic hydroxyl groups is 1. The topological polar surface area (TPSA) is 140 Å². The minimum absolute atomic E-state index is 0.0326. The lowest BCUT2D eigenvalue weighted by Crippen LogP contribution is -2.34. The molecular weight excluding hydrogens is 472 g/mol. The molecule has 0 spiro atoms. The van der Waals surface area contributed by atoms with E-state index in [-0.39, 0.29) is 33.8 Å². The number of aromatic nitrogens is 1. The Bertz CT molecular complexity index is 1500. The maximum Gasteiger partial charge on any atom is 0.311 e. The van der Waals surface area contributed by atoms with Crippen LogP contribution in [0.1, 0.15) is 21.5 Å². The van der Waals surface area contributed by atoms with Gasteiger partial charge in [-0.25, -0.2) is 4.98 Å². The second kappa shape index (κ2) is 9.39. The Labute approximate surface area is 204 Å². The van der Waals surface area contributed by atoms with Crippen molar-refractivity contribution in [1.82, 2.24) is 10.3 Å². The Balaban J connectivity index is 1.54. The van der Waals surface area contributed by atoms with Crippen molar-refractivity contribution in [2.45, 2.75) is 13.8 Å². The van der Waals surface area contributed by atoms with E-state index in [2.05, 4.69) is 15.6 Å². The fourth-order valence-electron chi connectivity index (χ4n) is 3.59. The first-order valence-electron chi connectivity index (χ1n) is 10.3. The zero-order valence-electron chi connectivity index (χ0n) is 18.9. The second-order valence-corrected chi connectivity index (χ2v) is 8.14. The van der Waals surface area contributed by atoms with Gasteiger partial charge in [0.15, 0.2) is 16.4 Å². The number of ether oxygens (including phenoxy) is 1. The number of carbonyl (C=O) groups excluding carboxylic acids is 1. The molecule has 0 saturated heterocycles. The molecule has 0 radical (unpaired) electrons. The van der Waals surface area contributed by atoms with Gasteiger partial charge in [-0.15, -0.1) is 0 Å². The number of nitro benzene ring substituents is 1. The Hall–Kier alpha value is -4.51. The van der Waals surface area contributed by atoms with Gasteiger partial charge in [0, 0.05) is 17.3 Å². The molecule has 0 bridgehead atoms. The molecule has 0 aliphatic rings. The highest BCUT2D eigenvalue weighted by atomic mass is 32.1. The van der Waals surface area contributed by atoms with Gasteiger partial charge in [0.1, 0.15) is 11.3 Å². The summed E-state index contributed by atoms with van der Waals surface area (Å²) in [5.74, 6) is -0.419. The summed E-state index contributed by atoms with van der Waals surface area (Å²) in [6.45, 7) is 3.88. The number of nitrogens with zero attached hydrogens (tertiary/aromatic N) is 2. The minimum atomic E-state index is -0.642. The van der Waals surface area contributed by atoms with Crippen LogP contribution >= 0.6 is 12.2 Å². The number of phenolic OH excluding ortho intramolecular Hbond substituents is 1. The first-order chi connectivity index (χ1) is 16.7. The Kier molecular flexibility index (Phi) is 6.34. The van der Waals surface area contributed by atoms with E-state index in [4.69, 9.17) is 21.4 Å². The van der Waals surface area contributed by atoms with Crippen molar-refractivity contribution in [3.05, 3.63) is 75.3 Å². The molecule has 1 heterocycles. The quantitative estimate of drug-likeness (QED) is 0.154. The number of amides is 1. The standard InChI is InChI=1S/C24H20N4O6S/c1-12-8-13(2)21-17(9-12)26-23(34-21)16-11-15(5-6-19(16)29)25-24(35)27-22(30)14-4-7-20(33-3)18(10-14)28(31)32/h4-11,29H,1-3H3,(H2,25,27,30,35). The molecule has 1 amide bonds. The second-order valence-electron chi connectivity index (χ2n) is 7.73. The molecule has 4 aromatic rings. The average Bonchev–Trinajstić information content (AvgIpc) is 3.23. The number of nitro groups is 1. The molecule has 3 N–H and O–H groups in total. The van der Waals surface area contributed by atoms with Gasteiger partial charge in [0.05, 0.1) is 17.6 Å². The number of carbonyl (C=O) groups is 1. The lowest BCUT2D eigenvalue weighted by Gasteiger charge is -2.11. The molecule has 10 nitrogen and oxygen atoms in total. The van der Waals surface area contributed by atoms with Gasteiger partial charge in [0.2, 0.25) is 5.89 Å². The molecular formula is C24H20N4O6S. The molecule has 0 unspecified atom stereocenters. The molecule has 0 fully saturated rings. The van der Waals surface area contributed by atoms with Crippen molar-refractivity contribution in [2.24, 2.45) is 0 Å². The Morgan fingerprint density at radius 2 is 1.94 bits per heavy atom. The molecule has 4 rings (SSSR count). The summed E-state index contributed by atoms with van der Waals surface area (Å²) in [4.78, 5) is 27.6. The molecule has 35 heavy (non-hydrogen) atoms. The monoisotopic (exact) mass is 492 g/mol. The van der Waals surface area contributed by atoms with E-state index in [0.717, 1.165) is 17.2 Å². The van der Waals surface area contributed by atoms with E-state index in [0.29, 0.717) is 22.4 Å². The van der Waals surface area contributed by atoms with Crippen molar-refractivity contribution in [3.8, 4) is 23.0 Å². The third-order valence-corrected chi connectivity index (χ3v) is 5.37. The van der Waals surface area contributed by atoms with E-state index in [1.54, 1.807) is 12.1 Å². The first-order valence-corrected chi connectivity index (χ1v) is 10.7. The Morgan fingerprint density at radius 3 is 2.66 bits per heavy atom. The fourth-order valence-corrected chi connectivity index (χ4v) is 3.80. The van der Waals surface area contributed by atoms with E-state index in [1.165, 1.54) is 25.3 Å². The molecule has 0 atom stereocenters. The van der Waals surface area contributed by atoms with Gasteiger partial charge >= 0.3 is 5.69 Å². The van der Waals surface area contributed by atoms with Crippen LogP contribution < -0.4 is 15.4 Å². The maximum atomic E-state index is 12.6. The van der Waals surface area contributed by atoms with Gasteiger partial charge in [-0.05, 0) is 73.6 Å². The average molecular weight is 493 g/mol. The van der Waals surface area contributed by atoms with Crippen molar-refractivity contribution in [1.29, 1.82) is 0 Å². The predicted octanol–water partition coefficient (Wildman–Crippen LogP) is 4.86. The van der Waals surface area contributed by atoms with Crippen LogP contribution in [0.5, 0.6) is 11.5 Å². The van der Waals surface area contributed by atoms with Crippen LogP contribution in [-0.4, -0.2) is 33.1 Å². The number of hydrogen-bond donors (Lipinski definition) is 3. The summed E-state index contributed by atoms with van der Waals surface area (Å²) in [5.41, 5.74) is 3.75. The highest BCUT2D eigenvalue weighted by Crippen LogP contribution is 2.34. The van der Waals surface area contributed by atoms with Crippen molar-refractivity contribution in [2.75, 3.05) is 12.4 Å². The number of oxazole rings is 1. The molecule has 11 heteroatoms. The number of aryl methyl sites for hydroxylation is 2. The SMILES string of the molecule is COc1ccc(C(=O)NC(=S)Nc2ccc(O)c(-c3nc4cc(C)cc(C)c4o3)c2)cc1[N+](=O)[O-]. The molecule has 0 aliphatic carbocycles. The van der Waals surface area contributed by atoms with Crippen molar-refractivity contribution in [3.63, 3.8) is 0 Å². The van der Waals surface area contributed by atoms with Crippen molar-refractivity contribution < 1.29 is 24.0 Å². The predicted molar refractivity (Wildman–Crippen MR) is 134 cm³/mol. The first kappa shape index (κ1) is 23.6.